The molecule has 0 saturated carbocycles. The first-order valence-corrected chi connectivity index (χ1v) is 16.5. The maximum absolute atomic E-state index is 6.58. The molecule has 14 heteroatoms. The third-order valence-corrected chi connectivity index (χ3v) is 9.36. The standard InChI is InChI=1S/C32H32Cl2N8O3S/c1-39-31(46-22-37-39)38-24-3-5-25(6-4-24)40-12-14-41(15-13-40)26-7-9-27(10-8-26)43-17-28-18-44-32(45-28,19-42-21-35-20-36-42)29-11-2-23(33)16-30(29)34/h2-11,16,20-22,28H,12-15,17-19H2,1H3. The number of benzene rings is 3. The molecule has 0 bridgehead atoms. The van der Waals surface area contributed by atoms with Crippen molar-refractivity contribution < 1.29 is 14.2 Å². The fourth-order valence-electron chi connectivity index (χ4n) is 5.66. The van der Waals surface area contributed by atoms with Gasteiger partial charge in [-0.15, -0.1) is 0 Å². The summed E-state index contributed by atoms with van der Waals surface area (Å²) >= 11 is 14.3. The predicted molar refractivity (Wildman–Crippen MR) is 178 cm³/mol. The minimum Gasteiger partial charge on any atom is -0.491 e. The lowest BCUT2D eigenvalue weighted by atomic mass is 10.1. The Morgan fingerprint density at radius 2 is 1.67 bits per heavy atom. The molecule has 0 N–H and O–H groups in total. The number of anilines is 2. The largest absolute Gasteiger partial charge is 0.491 e. The van der Waals surface area contributed by atoms with Crippen LogP contribution in [0.1, 0.15) is 5.56 Å². The van der Waals surface area contributed by atoms with Crippen molar-refractivity contribution in [2.45, 2.75) is 18.4 Å². The molecule has 46 heavy (non-hydrogen) atoms. The first-order valence-electron chi connectivity index (χ1n) is 14.9. The number of rotatable bonds is 9. The van der Waals surface area contributed by atoms with Gasteiger partial charge in [0.05, 0.1) is 17.3 Å². The van der Waals surface area contributed by atoms with Crippen LogP contribution in [0.15, 0.2) is 89.9 Å². The highest BCUT2D eigenvalue weighted by molar-refractivity contribution is 7.06. The summed E-state index contributed by atoms with van der Waals surface area (Å²) in [5, 5.41) is 9.42. The Bertz CT molecular complexity index is 1820. The Morgan fingerprint density at radius 1 is 0.957 bits per heavy atom. The first-order chi connectivity index (χ1) is 22.4. The lowest BCUT2D eigenvalue weighted by Gasteiger charge is -2.37. The Kier molecular flexibility index (Phi) is 8.96. The fraction of sp³-hybridized carbons (Fsp3) is 0.312. The minimum absolute atomic E-state index is 0.278. The molecule has 0 spiro atoms. The molecule has 2 unspecified atom stereocenters. The van der Waals surface area contributed by atoms with E-state index in [1.54, 1.807) is 33.3 Å². The predicted octanol–water partition coefficient (Wildman–Crippen LogP) is 5.29. The molecule has 0 amide bonds. The van der Waals surface area contributed by atoms with Crippen LogP contribution in [-0.4, -0.2) is 70.0 Å². The summed E-state index contributed by atoms with van der Waals surface area (Å²) in [7, 11) is 1.90. The summed E-state index contributed by atoms with van der Waals surface area (Å²) in [6, 6.07) is 21.9. The fourth-order valence-corrected chi connectivity index (χ4v) is 6.85. The second-order valence-electron chi connectivity index (χ2n) is 11.1. The van der Waals surface area contributed by atoms with Crippen LogP contribution in [0.4, 0.5) is 17.1 Å². The summed E-state index contributed by atoms with van der Waals surface area (Å²) < 4.78 is 22.3. The molecule has 238 valence electrons. The molecule has 2 saturated heterocycles. The molecule has 7 rings (SSSR count). The van der Waals surface area contributed by atoms with Gasteiger partial charge in [0, 0.05) is 55.2 Å². The van der Waals surface area contributed by atoms with Crippen molar-refractivity contribution in [2.75, 3.05) is 49.2 Å². The molecule has 2 aliphatic heterocycles. The van der Waals surface area contributed by atoms with Crippen molar-refractivity contribution in [1.29, 1.82) is 0 Å². The van der Waals surface area contributed by atoms with Crippen molar-refractivity contribution >= 4 is 51.6 Å². The van der Waals surface area contributed by atoms with Crippen molar-refractivity contribution in [3.8, 4) is 5.75 Å². The van der Waals surface area contributed by atoms with Gasteiger partial charge in [-0.2, -0.15) is 10.2 Å². The Morgan fingerprint density at radius 3 is 2.30 bits per heavy atom. The maximum Gasteiger partial charge on any atom is 0.217 e. The van der Waals surface area contributed by atoms with E-state index in [0.29, 0.717) is 28.8 Å². The summed E-state index contributed by atoms with van der Waals surface area (Å²) in [4.78, 5) is 14.4. The molecule has 2 aromatic heterocycles. The molecule has 4 heterocycles. The van der Waals surface area contributed by atoms with Gasteiger partial charge in [0.1, 0.15) is 43.2 Å². The SMILES string of the molecule is Cn1ncsc1=Nc1ccc(N2CCN(c3ccc(OCC4COC(Cn5cncn5)(c5ccc(Cl)cc5Cl)O4)cc3)CC2)cc1. The Balaban J connectivity index is 0.930. The number of nitrogens with zero attached hydrogens (tertiary/aromatic N) is 8. The molecule has 5 aromatic rings. The Labute approximate surface area is 280 Å². The Hall–Kier alpha value is -3.94. The topological polar surface area (TPSA) is 95.1 Å². The average Bonchev–Trinajstić information content (AvgIpc) is 3.84. The quantitative estimate of drug-likeness (QED) is 0.208. The van der Waals surface area contributed by atoms with Gasteiger partial charge in [-0.05, 0) is 60.7 Å². The molecule has 2 aliphatic rings. The number of hydrogen-bond acceptors (Lipinski definition) is 10. The zero-order chi connectivity index (χ0) is 31.5. The molecular formula is C32H32Cl2N8O3S. The normalized spacial score (nSPS) is 20.4. The van der Waals surface area contributed by atoms with Crippen molar-refractivity contribution in [3.05, 3.63) is 105 Å². The van der Waals surface area contributed by atoms with E-state index in [0.717, 1.165) is 42.4 Å². The molecule has 2 fully saturated rings. The highest BCUT2D eigenvalue weighted by atomic mass is 35.5. The van der Waals surface area contributed by atoms with E-state index in [-0.39, 0.29) is 12.6 Å². The number of aryl methyl sites for hydroxylation is 1. The van der Waals surface area contributed by atoms with Gasteiger partial charge in [-0.1, -0.05) is 40.6 Å². The van der Waals surface area contributed by atoms with E-state index in [9.17, 15) is 0 Å². The third kappa shape index (κ3) is 6.76. The van der Waals surface area contributed by atoms with Crippen LogP contribution in [0, 0.1) is 0 Å². The van der Waals surface area contributed by atoms with Crippen LogP contribution in [0.2, 0.25) is 10.0 Å². The summed E-state index contributed by atoms with van der Waals surface area (Å²) in [6.45, 7) is 4.65. The van der Waals surface area contributed by atoms with Gasteiger partial charge in [0.25, 0.3) is 0 Å². The van der Waals surface area contributed by atoms with E-state index in [4.69, 9.17) is 37.4 Å². The lowest BCUT2D eigenvalue weighted by molar-refractivity contribution is -0.190. The zero-order valence-corrected chi connectivity index (χ0v) is 27.4. The van der Waals surface area contributed by atoms with Gasteiger partial charge < -0.3 is 24.0 Å². The number of piperazine rings is 1. The number of ether oxygens (including phenoxy) is 3. The average molecular weight is 680 g/mol. The lowest BCUT2D eigenvalue weighted by Crippen LogP contribution is -2.46. The number of halogens is 2. The summed E-state index contributed by atoms with van der Waals surface area (Å²) in [6.07, 6.45) is 2.77. The van der Waals surface area contributed by atoms with Gasteiger partial charge in [0.2, 0.25) is 10.6 Å². The molecule has 11 nitrogen and oxygen atoms in total. The van der Waals surface area contributed by atoms with Crippen LogP contribution < -0.4 is 19.3 Å². The highest BCUT2D eigenvalue weighted by Crippen LogP contribution is 2.40. The molecule has 0 radical (unpaired) electrons. The summed E-state index contributed by atoms with van der Waals surface area (Å²) in [5.41, 5.74) is 5.77. The van der Waals surface area contributed by atoms with E-state index in [1.165, 1.54) is 29.0 Å². The smallest absolute Gasteiger partial charge is 0.217 e. The van der Waals surface area contributed by atoms with Crippen LogP contribution in [0.25, 0.3) is 0 Å². The van der Waals surface area contributed by atoms with Gasteiger partial charge in [-0.25, -0.2) is 19.3 Å². The van der Waals surface area contributed by atoms with Crippen molar-refractivity contribution in [2.24, 2.45) is 12.0 Å². The van der Waals surface area contributed by atoms with E-state index in [1.807, 2.05) is 25.2 Å². The van der Waals surface area contributed by atoms with Crippen molar-refractivity contribution in [1.82, 2.24) is 24.5 Å². The van der Waals surface area contributed by atoms with Gasteiger partial charge in [0.15, 0.2) is 0 Å². The van der Waals surface area contributed by atoms with Gasteiger partial charge >= 0.3 is 0 Å². The monoisotopic (exact) mass is 678 g/mol. The first kappa shape index (κ1) is 30.7. The van der Waals surface area contributed by atoms with Crippen molar-refractivity contribution in [3.63, 3.8) is 0 Å². The van der Waals surface area contributed by atoms with Crippen LogP contribution in [0.5, 0.6) is 5.75 Å². The van der Waals surface area contributed by atoms with E-state index < -0.39 is 5.79 Å². The van der Waals surface area contributed by atoms with Gasteiger partial charge in [-0.3, -0.25) is 0 Å². The maximum atomic E-state index is 6.58. The molecule has 3 aromatic carbocycles. The second-order valence-corrected chi connectivity index (χ2v) is 12.7. The highest BCUT2D eigenvalue weighted by Gasteiger charge is 2.45. The van der Waals surface area contributed by atoms with Crippen LogP contribution in [-0.2, 0) is 28.9 Å². The van der Waals surface area contributed by atoms with Crippen LogP contribution >= 0.6 is 34.5 Å². The van der Waals surface area contributed by atoms with E-state index in [2.05, 4.69) is 66.4 Å². The van der Waals surface area contributed by atoms with Crippen LogP contribution in [0.3, 0.4) is 0 Å². The molecular weight excluding hydrogens is 647 g/mol. The van der Waals surface area contributed by atoms with E-state index >= 15 is 0 Å². The minimum atomic E-state index is -1.15. The zero-order valence-electron chi connectivity index (χ0n) is 25.1. The number of hydrogen-bond donors (Lipinski definition) is 0. The summed E-state index contributed by atoms with van der Waals surface area (Å²) in [5.74, 6) is -0.380. The molecule has 2 atom stereocenters. The number of aromatic nitrogens is 5. The molecule has 0 aliphatic carbocycles. The third-order valence-electron chi connectivity index (χ3n) is 8.05. The second kappa shape index (κ2) is 13.4.